The molecule has 0 aliphatic carbocycles. The molecular weight excluding hydrogens is 937 g/mol. The van der Waals surface area contributed by atoms with Gasteiger partial charge in [0.1, 0.15) is 0 Å². The molecule has 10 rings (SSSR count). The molecule has 0 atom stereocenters. The zero-order valence-electron chi connectivity index (χ0n) is 52.3. The molecule has 408 valence electrons. The van der Waals surface area contributed by atoms with Gasteiger partial charge in [-0.15, -0.1) is 0 Å². The lowest BCUT2D eigenvalue weighted by Crippen LogP contribution is -1.88. The van der Waals surface area contributed by atoms with E-state index in [1.807, 2.05) is 0 Å². The fraction of sp³-hybridized carbons (Fsp3) is 0.282. The average Bonchev–Trinajstić information content (AvgIpc) is 3.42. The molecule has 0 bridgehead atoms. The molecule has 0 saturated heterocycles. The number of aryl methyl sites for hydroxylation is 18. The van der Waals surface area contributed by atoms with Crippen molar-refractivity contribution in [3.8, 4) is 0 Å². The lowest BCUT2D eigenvalue weighted by molar-refractivity contribution is 1.22. The molecule has 0 aliphatic rings. The van der Waals surface area contributed by atoms with E-state index < -0.39 is 0 Å². The van der Waals surface area contributed by atoms with Crippen molar-refractivity contribution < 1.29 is 0 Å². The molecule has 0 spiro atoms. The third kappa shape index (κ3) is 22.0. The fourth-order valence-electron chi connectivity index (χ4n) is 8.58. The van der Waals surface area contributed by atoms with Gasteiger partial charge in [-0.25, -0.2) is 0 Å². The van der Waals surface area contributed by atoms with Crippen molar-refractivity contribution in [1.29, 1.82) is 0 Å². The summed E-state index contributed by atoms with van der Waals surface area (Å²) in [6, 6.07) is 64.5. The summed E-state index contributed by atoms with van der Waals surface area (Å²) in [7, 11) is 0. The monoisotopic (exact) mass is 1030 g/mol. The molecule has 0 aliphatic heterocycles. The highest BCUT2D eigenvalue weighted by atomic mass is 14.1. The van der Waals surface area contributed by atoms with Crippen LogP contribution >= 0.6 is 0 Å². The van der Waals surface area contributed by atoms with E-state index in [0.717, 1.165) is 0 Å². The third-order valence-electron chi connectivity index (χ3n) is 15.0. The van der Waals surface area contributed by atoms with Gasteiger partial charge in [-0.3, -0.25) is 0 Å². The van der Waals surface area contributed by atoms with Crippen molar-refractivity contribution in [3.05, 3.63) is 304 Å². The summed E-state index contributed by atoms with van der Waals surface area (Å²) in [4.78, 5) is 0. The molecule has 10 aromatic rings. The molecular formula is C78H96. The van der Waals surface area contributed by atoms with Crippen LogP contribution in [-0.4, -0.2) is 0 Å². The van der Waals surface area contributed by atoms with Crippen LogP contribution in [0.25, 0.3) is 21.5 Å². The summed E-state index contributed by atoms with van der Waals surface area (Å²) >= 11 is 0. The van der Waals surface area contributed by atoms with Gasteiger partial charge in [0.2, 0.25) is 0 Å². The van der Waals surface area contributed by atoms with E-state index in [0.29, 0.717) is 0 Å². The van der Waals surface area contributed by atoms with Gasteiger partial charge in [-0.2, -0.15) is 0 Å². The molecule has 0 heterocycles. The Hall–Kier alpha value is -7.28. The second kappa shape index (κ2) is 32.5. The summed E-state index contributed by atoms with van der Waals surface area (Å²) in [6.07, 6.45) is 0. The Balaban J connectivity index is 0.000000235. The minimum atomic E-state index is 1.33. The van der Waals surface area contributed by atoms with Crippen LogP contribution < -0.4 is 0 Å². The minimum Gasteiger partial charge on any atom is -0.0617 e. The van der Waals surface area contributed by atoms with Crippen molar-refractivity contribution in [1.82, 2.24) is 0 Å². The Kier molecular flexibility index (Phi) is 27.0. The first-order chi connectivity index (χ1) is 36.8. The minimum absolute atomic E-state index is 1.33. The summed E-state index contributed by atoms with van der Waals surface area (Å²) in [5.74, 6) is 0. The van der Waals surface area contributed by atoms with Gasteiger partial charge in [0, 0.05) is 0 Å². The first-order valence-electron chi connectivity index (χ1n) is 27.9. The number of hydrogen-bond acceptors (Lipinski definition) is 0. The summed E-state index contributed by atoms with van der Waals surface area (Å²) in [6.45, 7) is 47.1. The molecule has 0 fully saturated rings. The predicted octanol–water partition coefficient (Wildman–Crippen LogP) is 22.6. The molecule has 10 aromatic carbocycles. The number of hydrogen-bond donors (Lipinski definition) is 0. The standard InChI is InChI=1S/2C12H12.2C10H14.2C9H12.2C8H10/c1-9-6-7-12-10(2)4-3-5-11(12)8-9;1-9-7-8-10(2)12-6-4-3-5-11(9)12;2*1-7-5-6-8(2)10(4)9(7)3;2*1-7-4-5-8(2)9(3)6-7;1-7-3-5-8(2)6-4-7;1-7-4-3-5-8(2)6-7/h2*3-8H,1-2H3;2*5-6H,1-4H3;2*4-6H,1-3H3;2*3-6H,1-2H3. The van der Waals surface area contributed by atoms with Crippen molar-refractivity contribution in [2.75, 3.05) is 0 Å². The van der Waals surface area contributed by atoms with Gasteiger partial charge >= 0.3 is 0 Å². The Morgan fingerprint density at radius 1 is 0.154 bits per heavy atom. The summed E-state index contributed by atoms with van der Waals surface area (Å²) in [5, 5.41) is 5.45. The SMILES string of the molecule is Cc1ccc(C)c(C)c1.Cc1ccc(C)c(C)c1.Cc1ccc(C)c(C)c1C.Cc1ccc(C)c(C)c1C.Cc1ccc(C)c2ccccc12.Cc1ccc(C)cc1.Cc1ccc2c(C)cccc2c1.Cc1cccc(C)c1. The van der Waals surface area contributed by atoms with E-state index in [1.165, 1.54) is 144 Å². The van der Waals surface area contributed by atoms with Gasteiger partial charge in [0.05, 0.1) is 0 Å². The smallest absolute Gasteiger partial charge is 0.0152 e. The van der Waals surface area contributed by atoms with Crippen LogP contribution in [-0.2, 0) is 0 Å². The van der Waals surface area contributed by atoms with Gasteiger partial charge in [-0.05, 0) is 257 Å². The van der Waals surface area contributed by atoms with Crippen LogP contribution in [0.3, 0.4) is 0 Å². The largest absolute Gasteiger partial charge is 0.0617 e. The first-order valence-corrected chi connectivity index (χ1v) is 27.9. The van der Waals surface area contributed by atoms with E-state index in [4.69, 9.17) is 0 Å². The second-order valence-corrected chi connectivity index (χ2v) is 21.9. The van der Waals surface area contributed by atoms with E-state index in [-0.39, 0.29) is 0 Å². The van der Waals surface area contributed by atoms with Gasteiger partial charge in [0.25, 0.3) is 0 Å². The molecule has 0 amide bonds. The molecule has 78 heavy (non-hydrogen) atoms. The van der Waals surface area contributed by atoms with E-state index in [2.05, 4.69) is 334 Å². The molecule has 0 heteroatoms. The van der Waals surface area contributed by atoms with Crippen LogP contribution in [0.15, 0.2) is 182 Å². The number of benzene rings is 10. The third-order valence-corrected chi connectivity index (χ3v) is 15.0. The van der Waals surface area contributed by atoms with Gasteiger partial charge in [0.15, 0.2) is 0 Å². The number of rotatable bonds is 0. The van der Waals surface area contributed by atoms with Crippen molar-refractivity contribution in [2.24, 2.45) is 0 Å². The lowest BCUT2D eigenvalue weighted by Gasteiger charge is -2.06. The first kappa shape index (κ1) is 65.0. The molecule has 0 aromatic heterocycles. The van der Waals surface area contributed by atoms with Crippen molar-refractivity contribution in [2.45, 2.75) is 152 Å². The Morgan fingerprint density at radius 2 is 0.436 bits per heavy atom. The number of fused-ring (bicyclic) bond motifs is 2. The van der Waals surface area contributed by atoms with Gasteiger partial charge < -0.3 is 0 Å². The summed E-state index contributed by atoms with van der Waals surface area (Å²) in [5.41, 5.74) is 30.2. The zero-order valence-corrected chi connectivity index (χ0v) is 52.3. The fourth-order valence-corrected chi connectivity index (χ4v) is 8.58. The highest BCUT2D eigenvalue weighted by Gasteiger charge is 2.00. The highest BCUT2D eigenvalue weighted by Crippen LogP contribution is 2.22. The van der Waals surface area contributed by atoms with E-state index in [1.54, 1.807) is 0 Å². The van der Waals surface area contributed by atoms with Crippen LogP contribution in [0.1, 0.15) is 122 Å². The molecule has 0 nitrogen and oxygen atoms in total. The van der Waals surface area contributed by atoms with Crippen LogP contribution in [0, 0.1) is 152 Å². The summed E-state index contributed by atoms with van der Waals surface area (Å²) < 4.78 is 0. The Labute approximate surface area is 475 Å². The van der Waals surface area contributed by atoms with Crippen LogP contribution in [0.5, 0.6) is 0 Å². The quantitative estimate of drug-likeness (QED) is 0.142. The molecule has 0 saturated carbocycles. The van der Waals surface area contributed by atoms with Crippen LogP contribution in [0.2, 0.25) is 0 Å². The normalized spacial score (nSPS) is 9.92. The maximum absolute atomic E-state index is 2.22. The van der Waals surface area contributed by atoms with E-state index >= 15 is 0 Å². The van der Waals surface area contributed by atoms with E-state index in [9.17, 15) is 0 Å². The predicted molar refractivity (Wildman–Crippen MR) is 351 cm³/mol. The topological polar surface area (TPSA) is 0 Å². The average molecular weight is 1030 g/mol. The van der Waals surface area contributed by atoms with Crippen LogP contribution in [0.4, 0.5) is 0 Å². The Bertz CT molecular complexity index is 3210. The van der Waals surface area contributed by atoms with Crippen molar-refractivity contribution in [3.63, 3.8) is 0 Å². The molecule has 0 unspecified atom stereocenters. The van der Waals surface area contributed by atoms with Crippen molar-refractivity contribution >= 4 is 21.5 Å². The molecule has 0 N–H and O–H groups in total. The molecule has 0 radical (unpaired) electrons. The Morgan fingerprint density at radius 3 is 0.769 bits per heavy atom. The maximum atomic E-state index is 2.22. The zero-order chi connectivity index (χ0) is 58.2. The lowest BCUT2D eigenvalue weighted by atomic mass is 10.0. The second-order valence-electron chi connectivity index (χ2n) is 21.9. The maximum Gasteiger partial charge on any atom is -0.0152 e. The highest BCUT2D eigenvalue weighted by molar-refractivity contribution is 5.88. The van der Waals surface area contributed by atoms with Gasteiger partial charge in [-0.1, -0.05) is 221 Å².